The van der Waals surface area contributed by atoms with Crippen LogP contribution in [0.5, 0.6) is 0 Å². The molecular weight excluding hydrogens is 498 g/mol. The molecule has 0 aliphatic carbocycles. The number of rotatable bonds is 6. The first-order chi connectivity index (χ1) is 18.3. The molecule has 0 fully saturated rings. The van der Waals surface area contributed by atoms with Crippen molar-refractivity contribution in [3.63, 3.8) is 0 Å². The first-order valence-electron chi connectivity index (χ1n) is 12.0. The average Bonchev–Trinajstić information content (AvgIpc) is 3.20. The number of methoxy groups -OCH3 is 1. The zero-order valence-corrected chi connectivity index (χ0v) is 21.7. The van der Waals surface area contributed by atoms with Gasteiger partial charge in [0, 0.05) is 23.0 Å². The normalized spacial score (nSPS) is 14.3. The third kappa shape index (κ3) is 4.64. The van der Waals surface area contributed by atoms with E-state index >= 15 is 0 Å². The quantitative estimate of drug-likeness (QED) is 0.250. The van der Waals surface area contributed by atoms with Crippen LogP contribution in [0.1, 0.15) is 32.6 Å². The molecule has 0 bridgehead atoms. The van der Waals surface area contributed by atoms with Gasteiger partial charge in [-0.15, -0.1) is 0 Å². The second-order valence-electron chi connectivity index (χ2n) is 8.98. The number of carbonyl (C=O) groups is 2. The Hall–Kier alpha value is -4.49. The number of sulfone groups is 1. The number of esters is 1. The highest BCUT2D eigenvalue weighted by Gasteiger charge is 2.36. The lowest BCUT2D eigenvalue weighted by molar-refractivity contribution is -0.113. The first kappa shape index (κ1) is 25.2. The fourth-order valence-corrected chi connectivity index (χ4v) is 5.71. The molecule has 0 spiro atoms. The Bertz CT molecular complexity index is 1690. The highest BCUT2D eigenvalue weighted by atomic mass is 32.2. The Labute approximate surface area is 221 Å². The lowest BCUT2D eigenvalue weighted by Crippen LogP contribution is -2.26. The van der Waals surface area contributed by atoms with E-state index in [0.29, 0.717) is 33.5 Å². The number of anilines is 1. The Balaban J connectivity index is 1.74. The van der Waals surface area contributed by atoms with Gasteiger partial charge in [0.25, 0.3) is 5.91 Å². The Morgan fingerprint density at radius 1 is 0.816 bits per heavy atom. The first-order valence-corrected chi connectivity index (χ1v) is 13.9. The van der Waals surface area contributed by atoms with Gasteiger partial charge in [-0.3, -0.25) is 4.79 Å². The van der Waals surface area contributed by atoms with Gasteiger partial charge in [-0.25, -0.2) is 13.2 Å². The number of hydrogen-bond donors (Lipinski definition) is 0. The van der Waals surface area contributed by atoms with Crippen molar-refractivity contribution < 1.29 is 22.7 Å². The van der Waals surface area contributed by atoms with Crippen LogP contribution in [0.25, 0.3) is 11.1 Å². The van der Waals surface area contributed by atoms with Crippen LogP contribution in [0.2, 0.25) is 0 Å². The molecule has 5 rings (SSSR count). The molecule has 0 saturated carbocycles. The number of hydrogen-bond acceptors (Lipinski definition) is 5. The number of ether oxygens (including phenoxy) is 1. The summed E-state index contributed by atoms with van der Waals surface area (Å²) in [5.74, 6) is -0.707. The summed E-state index contributed by atoms with van der Waals surface area (Å²) in [6.07, 6.45) is 1.17. The summed E-state index contributed by atoms with van der Waals surface area (Å²) >= 11 is 0. The molecule has 1 aliphatic heterocycles. The number of nitrogens with zero attached hydrogens (tertiary/aromatic N) is 1. The molecule has 0 N–H and O–H groups in total. The number of para-hydroxylation sites is 1. The van der Waals surface area contributed by atoms with Crippen LogP contribution in [0, 0.1) is 0 Å². The zero-order chi connectivity index (χ0) is 26.9. The molecule has 0 saturated heterocycles. The molecule has 0 unspecified atom stereocenters. The molecule has 190 valence electrons. The van der Waals surface area contributed by atoms with Crippen molar-refractivity contribution in [3.05, 3.63) is 131 Å². The van der Waals surface area contributed by atoms with E-state index in [2.05, 4.69) is 0 Å². The van der Waals surface area contributed by atoms with E-state index in [1.54, 1.807) is 47.4 Å². The average molecular weight is 524 g/mol. The Morgan fingerprint density at radius 3 is 2.21 bits per heavy atom. The van der Waals surface area contributed by atoms with Gasteiger partial charge in [0.15, 0.2) is 9.84 Å². The van der Waals surface area contributed by atoms with E-state index in [1.165, 1.54) is 13.4 Å². The molecule has 0 radical (unpaired) electrons. The summed E-state index contributed by atoms with van der Waals surface area (Å²) in [6, 6.07) is 30.5. The Kier molecular flexibility index (Phi) is 6.70. The number of fused-ring (bicyclic) bond motifs is 1. The highest BCUT2D eigenvalue weighted by Crippen LogP contribution is 2.44. The predicted octanol–water partition coefficient (Wildman–Crippen LogP) is 5.38. The maximum atomic E-state index is 14.2. The summed E-state index contributed by atoms with van der Waals surface area (Å²) in [5.41, 5.74) is 4.75. The molecule has 0 aromatic heterocycles. The summed E-state index contributed by atoms with van der Waals surface area (Å²) in [6.45, 7) is 0.222. The summed E-state index contributed by atoms with van der Waals surface area (Å²) in [5, 5.41) is 0. The molecule has 1 aliphatic rings. The highest BCUT2D eigenvalue weighted by molar-refractivity contribution is 7.90. The van der Waals surface area contributed by atoms with Crippen LogP contribution in [-0.2, 0) is 25.9 Å². The van der Waals surface area contributed by atoms with Crippen LogP contribution < -0.4 is 4.90 Å². The second kappa shape index (κ2) is 10.1. The van der Waals surface area contributed by atoms with E-state index in [1.807, 2.05) is 60.7 Å². The van der Waals surface area contributed by atoms with Gasteiger partial charge >= 0.3 is 5.97 Å². The Morgan fingerprint density at radius 2 is 1.47 bits per heavy atom. The molecule has 7 heteroatoms. The van der Waals surface area contributed by atoms with Crippen LogP contribution in [0.3, 0.4) is 0 Å². The lowest BCUT2D eigenvalue weighted by atomic mass is 9.90. The molecule has 4 aromatic carbocycles. The summed E-state index contributed by atoms with van der Waals surface area (Å²) < 4.78 is 30.4. The number of benzene rings is 4. The van der Waals surface area contributed by atoms with Crippen molar-refractivity contribution in [3.8, 4) is 0 Å². The van der Waals surface area contributed by atoms with Crippen LogP contribution in [0.15, 0.2) is 108 Å². The van der Waals surface area contributed by atoms with Gasteiger partial charge in [-0.2, -0.15) is 0 Å². The van der Waals surface area contributed by atoms with Crippen molar-refractivity contribution >= 4 is 38.5 Å². The predicted molar refractivity (Wildman–Crippen MR) is 147 cm³/mol. The van der Waals surface area contributed by atoms with Crippen molar-refractivity contribution in [1.82, 2.24) is 0 Å². The third-order valence-electron chi connectivity index (χ3n) is 6.48. The molecule has 6 nitrogen and oxygen atoms in total. The van der Waals surface area contributed by atoms with Crippen LogP contribution in [0.4, 0.5) is 5.69 Å². The van der Waals surface area contributed by atoms with E-state index in [4.69, 9.17) is 4.74 Å². The molecular formula is C31H25NO5S. The number of carbonyl (C=O) groups excluding carboxylic acids is 2. The van der Waals surface area contributed by atoms with Crippen molar-refractivity contribution in [2.24, 2.45) is 0 Å². The monoisotopic (exact) mass is 523 g/mol. The van der Waals surface area contributed by atoms with Crippen molar-refractivity contribution in [2.75, 3.05) is 18.3 Å². The van der Waals surface area contributed by atoms with E-state index in [0.717, 1.165) is 11.1 Å². The molecule has 4 aromatic rings. The van der Waals surface area contributed by atoms with Gasteiger partial charge in [0.2, 0.25) is 0 Å². The minimum Gasteiger partial charge on any atom is -0.465 e. The molecule has 38 heavy (non-hydrogen) atoms. The largest absolute Gasteiger partial charge is 0.465 e. The van der Waals surface area contributed by atoms with Crippen LogP contribution >= 0.6 is 0 Å². The van der Waals surface area contributed by atoms with E-state index < -0.39 is 15.8 Å². The van der Waals surface area contributed by atoms with Gasteiger partial charge < -0.3 is 9.64 Å². The van der Waals surface area contributed by atoms with Gasteiger partial charge in [-0.05, 0) is 35.4 Å². The molecule has 0 atom stereocenters. The van der Waals surface area contributed by atoms with E-state index in [-0.39, 0.29) is 17.3 Å². The van der Waals surface area contributed by atoms with Crippen molar-refractivity contribution in [1.29, 1.82) is 0 Å². The summed E-state index contributed by atoms with van der Waals surface area (Å²) in [4.78, 5) is 28.1. The fraction of sp³-hybridized carbons (Fsp3) is 0.0968. The number of amides is 1. The standard InChI is InChI=1S/C31H25NO5S/c1-37-31(34)23-14-10-11-21(19-23)20-32-26-17-8-6-15-24(26)29(30(32)33)28(22-12-4-3-5-13-22)25-16-7-9-18-27(25)38(2,35)36/h3-19H,20H2,1-2H3/b29-28+. The SMILES string of the molecule is COC(=O)c1cccc(CN2C(=O)/C(=C(\c3ccccc3)c3ccccc3S(C)(=O)=O)c3ccccc32)c1. The lowest BCUT2D eigenvalue weighted by Gasteiger charge is -2.19. The maximum absolute atomic E-state index is 14.2. The zero-order valence-electron chi connectivity index (χ0n) is 20.9. The van der Waals surface area contributed by atoms with Crippen LogP contribution in [-0.4, -0.2) is 33.7 Å². The fourth-order valence-electron chi connectivity index (χ4n) is 4.81. The van der Waals surface area contributed by atoms with E-state index in [9.17, 15) is 18.0 Å². The molecule has 1 amide bonds. The van der Waals surface area contributed by atoms with Gasteiger partial charge in [0.1, 0.15) is 0 Å². The second-order valence-corrected chi connectivity index (χ2v) is 11.0. The topological polar surface area (TPSA) is 80.8 Å². The smallest absolute Gasteiger partial charge is 0.337 e. The minimum atomic E-state index is -3.59. The van der Waals surface area contributed by atoms with Gasteiger partial charge in [-0.1, -0.05) is 78.9 Å². The summed E-state index contributed by atoms with van der Waals surface area (Å²) in [7, 11) is -2.27. The molecule has 1 heterocycles. The third-order valence-corrected chi connectivity index (χ3v) is 7.64. The minimum absolute atomic E-state index is 0.154. The van der Waals surface area contributed by atoms with Gasteiger partial charge in [0.05, 0.1) is 35.4 Å². The van der Waals surface area contributed by atoms with Crippen molar-refractivity contribution in [2.45, 2.75) is 11.4 Å². The maximum Gasteiger partial charge on any atom is 0.337 e.